The number of sulfonamides is 1. The van der Waals surface area contributed by atoms with E-state index in [1.165, 1.54) is 4.31 Å². The summed E-state index contributed by atoms with van der Waals surface area (Å²) >= 11 is 0. The van der Waals surface area contributed by atoms with Crippen molar-refractivity contribution in [2.24, 2.45) is 17.8 Å². The highest BCUT2D eigenvalue weighted by atomic mass is 32.2. The van der Waals surface area contributed by atoms with E-state index in [1.54, 1.807) is 30.3 Å². The third-order valence-corrected chi connectivity index (χ3v) is 6.76. The summed E-state index contributed by atoms with van der Waals surface area (Å²) in [5.74, 6) is 0.376. The third-order valence-electron chi connectivity index (χ3n) is 4.88. The SMILES string of the molecule is CC(C)C(NC(=O)[C@H]1CCCN(S(=O)(=O)c2ccccc2)C1)C(C)C. The van der Waals surface area contributed by atoms with Crippen molar-refractivity contribution in [2.45, 2.75) is 51.5 Å². The number of carbonyl (C=O) groups is 1. The van der Waals surface area contributed by atoms with Gasteiger partial charge < -0.3 is 5.32 Å². The number of amides is 1. The monoisotopic (exact) mass is 366 g/mol. The zero-order chi connectivity index (χ0) is 18.6. The van der Waals surface area contributed by atoms with Crippen LogP contribution in [-0.4, -0.2) is 37.8 Å². The molecule has 1 fully saturated rings. The number of nitrogens with zero attached hydrogens (tertiary/aromatic N) is 1. The van der Waals surface area contributed by atoms with Gasteiger partial charge in [-0.15, -0.1) is 0 Å². The molecule has 0 aliphatic carbocycles. The van der Waals surface area contributed by atoms with Crippen molar-refractivity contribution >= 4 is 15.9 Å². The van der Waals surface area contributed by atoms with E-state index in [-0.39, 0.29) is 24.4 Å². The summed E-state index contributed by atoms with van der Waals surface area (Å²) in [6, 6.07) is 8.55. The van der Waals surface area contributed by atoms with Gasteiger partial charge in [-0.2, -0.15) is 4.31 Å². The molecule has 0 aromatic heterocycles. The van der Waals surface area contributed by atoms with Gasteiger partial charge in [0.25, 0.3) is 0 Å². The molecular formula is C19H30N2O3S. The van der Waals surface area contributed by atoms with Gasteiger partial charge in [-0.1, -0.05) is 45.9 Å². The summed E-state index contributed by atoms with van der Waals surface area (Å²) in [5, 5.41) is 3.14. The Balaban J connectivity index is 2.09. The number of hydrogen-bond acceptors (Lipinski definition) is 3. The maximum absolute atomic E-state index is 12.8. The Kier molecular flexibility index (Phi) is 6.63. The molecule has 1 heterocycles. The molecule has 1 saturated heterocycles. The largest absolute Gasteiger partial charge is 0.353 e. The molecule has 1 aliphatic rings. The lowest BCUT2D eigenvalue weighted by Crippen LogP contribution is -2.49. The first kappa shape index (κ1) is 19.9. The molecule has 0 saturated carbocycles. The van der Waals surface area contributed by atoms with Crippen LogP contribution >= 0.6 is 0 Å². The minimum Gasteiger partial charge on any atom is -0.353 e. The standard InChI is InChI=1S/C19H30N2O3S/c1-14(2)18(15(3)4)20-19(22)16-9-8-12-21(13-16)25(23,24)17-10-6-5-7-11-17/h5-7,10-11,14-16,18H,8-9,12-13H2,1-4H3,(H,20,22)/t16-/m0/s1. The molecule has 1 aromatic rings. The second-order valence-electron chi connectivity index (χ2n) is 7.54. The van der Waals surface area contributed by atoms with Crippen molar-refractivity contribution in [3.63, 3.8) is 0 Å². The van der Waals surface area contributed by atoms with Crippen LogP contribution < -0.4 is 5.32 Å². The van der Waals surface area contributed by atoms with Gasteiger partial charge in [0.2, 0.25) is 15.9 Å². The van der Waals surface area contributed by atoms with E-state index in [9.17, 15) is 13.2 Å². The fourth-order valence-corrected chi connectivity index (χ4v) is 5.05. The normalized spacial score (nSPS) is 19.6. The molecule has 2 rings (SSSR count). The number of hydrogen-bond donors (Lipinski definition) is 1. The molecule has 1 N–H and O–H groups in total. The Morgan fingerprint density at radius 3 is 2.28 bits per heavy atom. The lowest BCUT2D eigenvalue weighted by atomic mass is 9.91. The summed E-state index contributed by atoms with van der Waals surface area (Å²) in [4.78, 5) is 13.0. The van der Waals surface area contributed by atoms with Gasteiger partial charge in [0.15, 0.2) is 0 Å². The predicted molar refractivity (Wildman–Crippen MR) is 99.5 cm³/mol. The van der Waals surface area contributed by atoms with Gasteiger partial charge in [0, 0.05) is 19.1 Å². The van der Waals surface area contributed by atoms with Gasteiger partial charge in [0.1, 0.15) is 0 Å². The van der Waals surface area contributed by atoms with E-state index in [0.717, 1.165) is 6.42 Å². The third kappa shape index (κ3) is 4.82. The molecular weight excluding hydrogens is 336 g/mol. The minimum absolute atomic E-state index is 0.0274. The Bertz CT molecular complexity index is 663. The van der Waals surface area contributed by atoms with Gasteiger partial charge in [-0.3, -0.25) is 4.79 Å². The van der Waals surface area contributed by atoms with E-state index in [0.29, 0.717) is 29.7 Å². The zero-order valence-corrected chi connectivity index (χ0v) is 16.4. The molecule has 1 atom stereocenters. The van der Waals surface area contributed by atoms with Crippen molar-refractivity contribution in [3.05, 3.63) is 30.3 Å². The first-order valence-corrected chi connectivity index (χ1v) is 10.5. The smallest absolute Gasteiger partial charge is 0.243 e. The Morgan fingerprint density at radius 1 is 1.12 bits per heavy atom. The molecule has 25 heavy (non-hydrogen) atoms. The number of nitrogens with one attached hydrogen (secondary N) is 1. The van der Waals surface area contributed by atoms with E-state index in [4.69, 9.17) is 0 Å². The predicted octanol–water partition coefficient (Wildman–Crippen LogP) is 2.88. The summed E-state index contributed by atoms with van der Waals surface area (Å²) < 4.78 is 27.0. The molecule has 6 heteroatoms. The number of piperidine rings is 1. The fourth-order valence-electron chi connectivity index (χ4n) is 3.50. The van der Waals surface area contributed by atoms with Crippen LogP contribution in [0.15, 0.2) is 35.2 Å². The van der Waals surface area contributed by atoms with E-state index in [2.05, 4.69) is 33.0 Å². The lowest BCUT2D eigenvalue weighted by Gasteiger charge is -2.33. The highest BCUT2D eigenvalue weighted by Crippen LogP contribution is 2.24. The molecule has 1 aromatic carbocycles. The molecule has 140 valence electrons. The first-order valence-electron chi connectivity index (χ1n) is 9.09. The molecule has 0 bridgehead atoms. The van der Waals surface area contributed by atoms with Crippen molar-refractivity contribution in [2.75, 3.05) is 13.1 Å². The molecule has 1 amide bonds. The number of carbonyl (C=O) groups excluding carboxylic acids is 1. The topological polar surface area (TPSA) is 66.5 Å². The van der Waals surface area contributed by atoms with Crippen LogP contribution in [0, 0.1) is 17.8 Å². The maximum atomic E-state index is 12.8. The minimum atomic E-state index is -3.54. The van der Waals surface area contributed by atoms with Crippen LogP contribution in [0.2, 0.25) is 0 Å². The molecule has 0 unspecified atom stereocenters. The Labute approximate surface area is 151 Å². The van der Waals surface area contributed by atoms with Gasteiger partial charge >= 0.3 is 0 Å². The highest BCUT2D eigenvalue weighted by molar-refractivity contribution is 7.89. The first-order chi connectivity index (χ1) is 11.7. The van der Waals surface area contributed by atoms with Gasteiger partial charge in [-0.25, -0.2) is 8.42 Å². The maximum Gasteiger partial charge on any atom is 0.243 e. The zero-order valence-electron chi connectivity index (χ0n) is 15.6. The average molecular weight is 367 g/mol. The van der Waals surface area contributed by atoms with E-state index in [1.807, 2.05) is 0 Å². The molecule has 5 nitrogen and oxygen atoms in total. The lowest BCUT2D eigenvalue weighted by molar-refractivity contribution is -0.127. The van der Waals surface area contributed by atoms with Crippen molar-refractivity contribution in [3.8, 4) is 0 Å². The Morgan fingerprint density at radius 2 is 1.72 bits per heavy atom. The quantitative estimate of drug-likeness (QED) is 0.842. The van der Waals surface area contributed by atoms with Gasteiger partial charge in [-0.05, 0) is 36.8 Å². The number of benzene rings is 1. The number of rotatable bonds is 6. The molecule has 0 spiro atoms. The van der Waals surface area contributed by atoms with E-state index < -0.39 is 10.0 Å². The summed E-state index contributed by atoms with van der Waals surface area (Å²) in [7, 11) is -3.54. The van der Waals surface area contributed by atoms with Crippen LogP contribution in [0.25, 0.3) is 0 Å². The highest BCUT2D eigenvalue weighted by Gasteiger charge is 2.34. The second kappa shape index (κ2) is 8.32. The molecule has 1 aliphatic heterocycles. The van der Waals surface area contributed by atoms with Crippen molar-refractivity contribution < 1.29 is 13.2 Å². The Hall–Kier alpha value is -1.40. The molecule has 0 radical (unpaired) electrons. The van der Waals surface area contributed by atoms with Gasteiger partial charge in [0.05, 0.1) is 10.8 Å². The summed E-state index contributed by atoms with van der Waals surface area (Å²) in [6.45, 7) is 9.11. The second-order valence-corrected chi connectivity index (χ2v) is 9.48. The fraction of sp³-hybridized carbons (Fsp3) is 0.632. The summed E-state index contributed by atoms with van der Waals surface area (Å²) in [5.41, 5.74) is 0. The summed E-state index contributed by atoms with van der Waals surface area (Å²) in [6.07, 6.45) is 1.44. The average Bonchev–Trinajstić information content (AvgIpc) is 2.59. The van der Waals surface area contributed by atoms with E-state index >= 15 is 0 Å². The van der Waals surface area contributed by atoms with Crippen LogP contribution in [-0.2, 0) is 14.8 Å². The van der Waals surface area contributed by atoms with Crippen molar-refractivity contribution in [1.29, 1.82) is 0 Å². The van der Waals surface area contributed by atoms with Crippen molar-refractivity contribution in [1.82, 2.24) is 9.62 Å². The van der Waals surface area contributed by atoms with Crippen LogP contribution in [0.1, 0.15) is 40.5 Å². The van der Waals surface area contributed by atoms with Crippen LogP contribution in [0.5, 0.6) is 0 Å². The van der Waals surface area contributed by atoms with Crippen LogP contribution in [0.4, 0.5) is 0 Å². The van der Waals surface area contributed by atoms with Crippen LogP contribution in [0.3, 0.4) is 0 Å².